The number of hydrogen-bond donors (Lipinski definition) is 1. The third kappa shape index (κ3) is 5.13. The van der Waals surface area contributed by atoms with Gasteiger partial charge in [0.25, 0.3) is 0 Å². The Labute approximate surface area is 150 Å². The van der Waals surface area contributed by atoms with Gasteiger partial charge >= 0.3 is 0 Å². The van der Waals surface area contributed by atoms with Crippen molar-refractivity contribution in [2.45, 2.75) is 39.3 Å². The number of hydrogen-bond acceptors (Lipinski definition) is 4. The van der Waals surface area contributed by atoms with Gasteiger partial charge in [-0.3, -0.25) is 9.88 Å². The van der Waals surface area contributed by atoms with Gasteiger partial charge in [0, 0.05) is 36.8 Å². The van der Waals surface area contributed by atoms with E-state index in [0.717, 1.165) is 26.2 Å². The number of likely N-dealkylation sites (tertiary alicyclic amines) is 1. The maximum atomic E-state index is 4.46. The fraction of sp³-hybridized carbons (Fsp3) is 0.550. The molecule has 0 aliphatic carbocycles. The third-order valence-corrected chi connectivity index (χ3v) is 5.86. The minimum Gasteiger partial charge on any atom is -0.313 e. The predicted octanol–water partition coefficient (Wildman–Crippen LogP) is 3.82. The molecule has 3 rings (SSSR count). The number of nitrogens with zero attached hydrogens (tertiary/aromatic N) is 2. The summed E-state index contributed by atoms with van der Waals surface area (Å²) in [5, 5.41) is 6.01. The van der Waals surface area contributed by atoms with Gasteiger partial charge in [0.2, 0.25) is 0 Å². The lowest BCUT2D eigenvalue weighted by Crippen LogP contribution is -2.49. The number of pyridine rings is 1. The van der Waals surface area contributed by atoms with Crippen LogP contribution in [0.3, 0.4) is 0 Å². The Morgan fingerprint density at radius 2 is 2.25 bits per heavy atom. The maximum Gasteiger partial charge on any atom is 0.0543 e. The lowest BCUT2D eigenvalue weighted by molar-refractivity contribution is 0.137. The Bertz CT molecular complexity index is 584. The molecule has 1 aliphatic heterocycles. The molecule has 2 aromatic rings. The second-order valence-corrected chi connectivity index (χ2v) is 8.26. The van der Waals surface area contributed by atoms with Crippen LogP contribution in [0.2, 0.25) is 0 Å². The molecule has 0 unspecified atom stereocenters. The molecule has 0 aromatic carbocycles. The first-order chi connectivity index (χ1) is 11.7. The van der Waals surface area contributed by atoms with Gasteiger partial charge in [-0.05, 0) is 54.8 Å². The Kier molecular flexibility index (Phi) is 6.41. The number of nitrogens with one attached hydrogen (secondary N) is 1. The fourth-order valence-electron chi connectivity index (χ4n) is 3.60. The summed E-state index contributed by atoms with van der Waals surface area (Å²) >= 11 is 1.87. The average molecular weight is 344 g/mol. The van der Waals surface area contributed by atoms with Crippen LogP contribution in [0.5, 0.6) is 0 Å². The molecule has 0 saturated carbocycles. The van der Waals surface area contributed by atoms with E-state index in [4.69, 9.17) is 0 Å². The van der Waals surface area contributed by atoms with Crippen LogP contribution < -0.4 is 5.32 Å². The summed E-state index contributed by atoms with van der Waals surface area (Å²) in [7, 11) is 0. The van der Waals surface area contributed by atoms with Gasteiger partial charge in [0.15, 0.2) is 0 Å². The molecule has 1 saturated heterocycles. The molecule has 24 heavy (non-hydrogen) atoms. The van der Waals surface area contributed by atoms with Crippen LogP contribution in [0, 0.1) is 11.8 Å². The highest BCUT2D eigenvalue weighted by Gasteiger charge is 2.26. The third-order valence-electron chi connectivity index (χ3n) is 4.96. The SMILES string of the molecule is C[C@H](CN[C@H]1CCN(Cc2ccccn2)C[C@@H]1C)Cc1cccs1. The normalized spacial score (nSPS) is 23.2. The zero-order chi connectivity index (χ0) is 16.8. The zero-order valence-electron chi connectivity index (χ0n) is 14.8. The van der Waals surface area contributed by atoms with Crippen LogP contribution in [-0.4, -0.2) is 35.6 Å². The Morgan fingerprint density at radius 1 is 1.33 bits per heavy atom. The summed E-state index contributed by atoms with van der Waals surface area (Å²) < 4.78 is 0. The summed E-state index contributed by atoms with van der Waals surface area (Å²) in [6, 6.07) is 11.2. The van der Waals surface area contributed by atoms with E-state index in [1.54, 1.807) is 0 Å². The van der Waals surface area contributed by atoms with Crippen molar-refractivity contribution in [3.8, 4) is 0 Å². The number of piperidine rings is 1. The summed E-state index contributed by atoms with van der Waals surface area (Å²) in [5.74, 6) is 1.39. The summed E-state index contributed by atoms with van der Waals surface area (Å²) in [6.07, 6.45) is 4.32. The van der Waals surface area contributed by atoms with Gasteiger partial charge < -0.3 is 5.32 Å². The highest BCUT2D eigenvalue weighted by Crippen LogP contribution is 2.19. The minimum atomic E-state index is 0.649. The molecule has 3 atom stereocenters. The van der Waals surface area contributed by atoms with E-state index in [9.17, 15) is 0 Å². The lowest BCUT2D eigenvalue weighted by Gasteiger charge is -2.37. The second-order valence-electron chi connectivity index (χ2n) is 7.23. The van der Waals surface area contributed by atoms with E-state index in [2.05, 4.69) is 58.7 Å². The Hall–Kier alpha value is -1.23. The molecule has 2 aromatic heterocycles. The molecule has 1 N–H and O–H groups in total. The highest BCUT2D eigenvalue weighted by molar-refractivity contribution is 7.09. The van der Waals surface area contributed by atoms with Crippen molar-refractivity contribution in [3.05, 3.63) is 52.5 Å². The minimum absolute atomic E-state index is 0.649. The van der Waals surface area contributed by atoms with Gasteiger partial charge in [-0.1, -0.05) is 26.0 Å². The molecule has 4 heteroatoms. The standard InChI is InChI=1S/C20H29N3S/c1-16(12-19-7-5-11-24-19)13-22-20-8-10-23(14-17(20)2)15-18-6-3-4-9-21-18/h3-7,9,11,16-17,20,22H,8,10,12-15H2,1-2H3/t16-,17-,20-/m0/s1. The fourth-order valence-corrected chi connectivity index (χ4v) is 4.47. The van der Waals surface area contributed by atoms with Crippen LogP contribution >= 0.6 is 11.3 Å². The molecule has 3 nitrogen and oxygen atoms in total. The van der Waals surface area contributed by atoms with E-state index in [1.165, 1.54) is 23.4 Å². The van der Waals surface area contributed by atoms with E-state index in [1.807, 2.05) is 23.6 Å². The van der Waals surface area contributed by atoms with Crippen molar-refractivity contribution in [1.82, 2.24) is 15.2 Å². The van der Waals surface area contributed by atoms with Crippen LogP contribution in [0.25, 0.3) is 0 Å². The van der Waals surface area contributed by atoms with E-state index >= 15 is 0 Å². The van der Waals surface area contributed by atoms with Crippen molar-refractivity contribution in [2.24, 2.45) is 11.8 Å². The molecule has 1 aliphatic rings. The van der Waals surface area contributed by atoms with E-state index in [0.29, 0.717) is 17.9 Å². The predicted molar refractivity (Wildman–Crippen MR) is 102 cm³/mol. The molecule has 130 valence electrons. The monoisotopic (exact) mass is 343 g/mol. The maximum absolute atomic E-state index is 4.46. The first-order valence-corrected chi connectivity index (χ1v) is 9.96. The van der Waals surface area contributed by atoms with E-state index < -0.39 is 0 Å². The first kappa shape index (κ1) is 17.6. The first-order valence-electron chi connectivity index (χ1n) is 9.08. The molecule has 0 radical (unpaired) electrons. The van der Waals surface area contributed by atoms with Crippen LogP contribution in [0.4, 0.5) is 0 Å². The van der Waals surface area contributed by atoms with Crippen molar-refractivity contribution >= 4 is 11.3 Å². The van der Waals surface area contributed by atoms with Gasteiger partial charge in [0.05, 0.1) is 5.69 Å². The highest BCUT2D eigenvalue weighted by atomic mass is 32.1. The molecule has 3 heterocycles. The Morgan fingerprint density at radius 3 is 2.96 bits per heavy atom. The quantitative estimate of drug-likeness (QED) is 0.828. The molecule has 1 fully saturated rings. The van der Waals surface area contributed by atoms with E-state index in [-0.39, 0.29) is 0 Å². The average Bonchev–Trinajstić information content (AvgIpc) is 3.08. The van der Waals surface area contributed by atoms with Gasteiger partial charge in [-0.25, -0.2) is 0 Å². The van der Waals surface area contributed by atoms with Crippen molar-refractivity contribution in [2.75, 3.05) is 19.6 Å². The van der Waals surface area contributed by atoms with Crippen molar-refractivity contribution < 1.29 is 0 Å². The summed E-state index contributed by atoms with van der Waals surface area (Å²) in [5.41, 5.74) is 1.18. The summed E-state index contributed by atoms with van der Waals surface area (Å²) in [4.78, 5) is 8.50. The number of rotatable bonds is 7. The van der Waals surface area contributed by atoms with Crippen LogP contribution in [0.15, 0.2) is 41.9 Å². The lowest BCUT2D eigenvalue weighted by atomic mass is 9.93. The van der Waals surface area contributed by atoms with Crippen molar-refractivity contribution in [1.29, 1.82) is 0 Å². The summed E-state index contributed by atoms with van der Waals surface area (Å²) in [6.45, 7) is 9.16. The molecule has 0 bridgehead atoms. The van der Waals surface area contributed by atoms with Crippen LogP contribution in [0.1, 0.15) is 30.8 Å². The smallest absolute Gasteiger partial charge is 0.0543 e. The zero-order valence-corrected chi connectivity index (χ0v) is 15.6. The van der Waals surface area contributed by atoms with Crippen LogP contribution in [-0.2, 0) is 13.0 Å². The largest absolute Gasteiger partial charge is 0.313 e. The molecule has 0 amide bonds. The van der Waals surface area contributed by atoms with Gasteiger partial charge in [-0.2, -0.15) is 0 Å². The molecular formula is C20H29N3S. The molecule has 0 spiro atoms. The number of thiophene rings is 1. The Balaban J connectivity index is 1.40. The topological polar surface area (TPSA) is 28.2 Å². The second kappa shape index (κ2) is 8.75. The van der Waals surface area contributed by atoms with Gasteiger partial charge in [0.1, 0.15) is 0 Å². The molecular weight excluding hydrogens is 314 g/mol. The van der Waals surface area contributed by atoms with Gasteiger partial charge in [-0.15, -0.1) is 11.3 Å². The number of aromatic nitrogens is 1. The van der Waals surface area contributed by atoms with Crippen molar-refractivity contribution in [3.63, 3.8) is 0 Å².